The van der Waals surface area contributed by atoms with Gasteiger partial charge < -0.3 is 5.32 Å². The van der Waals surface area contributed by atoms with Gasteiger partial charge in [-0.05, 0) is 33.1 Å². The van der Waals surface area contributed by atoms with Gasteiger partial charge in [0.15, 0.2) is 0 Å². The summed E-state index contributed by atoms with van der Waals surface area (Å²) in [5.74, 6) is 1.04. The van der Waals surface area contributed by atoms with Gasteiger partial charge in [-0.1, -0.05) is 0 Å². The molecule has 0 aliphatic heterocycles. The van der Waals surface area contributed by atoms with Crippen LogP contribution in [0.1, 0.15) is 38.9 Å². The second-order valence-electron chi connectivity index (χ2n) is 4.26. The highest BCUT2D eigenvalue weighted by atomic mass is 15.3. The van der Waals surface area contributed by atoms with Crippen LogP contribution in [-0.2, 0) is 13.1 Å². The maximum absolute atomic E-state index is 4.24. The molecule has 4 heteroatoms. The van der Waals surface area contributed by atoms with Crippen LogP contribution in [0.25, 0.3) is 0 Å². The summed E-state index contributed by atoms with van der Waals surface area (Å²) < 4.78 is 1.94. The first-order chi connectivity index (χ1) is 6.73. The molecule has 0 bridgehead atoms. The summed E-state index contributed by atoms with van der Waals surface area (Å²) in [7, 11) is 0. The average molecular weight is 194 g/mol. The van der Waals surface area contributed by atoms with E-state index < -0.39 is 0 Å². The molecule has 1 aliphatic carbocycles. The zero-order valence-corrected chi connectivity index (χ0v) is 8.95. The molecular formula is C10H18N4. The van der Waals surface area contributed by atoms with E-state index in [9.17, 15) is 0 Å². The molecule has 0 saturated heterocycles. The number of aryl methyl sites for hydroxylation is 1. The maximum Gasteiger partial charge on any atom is 0.140 e. The average Bonchev–Trinajstić information content (AvgIpc) is 2.58. The van der Waals surface area contributed by atoms with Crippen molar-refractivity contribution in [1.29, 1.82) is 0 Å². The van der Waals surface area contributed by atoms with Crippen LogP contribution in [0.2, 0.25) is 0 Å². The van der Waals surface area contributed by atoms with E-state index in [1.807, 2.05) is 4.68 Å². The van der Waals surface area contributed by atoms with Crippen molar-refractivity contribution in [3.05, 3.63) is 12.2 Å². The third-order valence-corrected chi connectivity index (χ3v) is 3.13. The molecular weight excluding hydrogens is 176 g/mol. The fraction of sp³-hybridized carbons (Fsp3) is 0.800. The lowest BCUT2D eigenvalue weighted by molar-refractivity contribution is 0.204. The van der Waals surface area contributed by atoms with Gasteiger partial charge in [0, 0.05) is 12.1 Å². The predicted octanol–water partition coefficient (Wildman–Crippen LogP) is 1.33. The monoisotopic (exact) mass is 194 g/mol. The molecule has 1 N–H and O–H groups in total. The topological polar surface area (TPSA) is 42.7 Å². The van der Waals surface area contributed by atoms with E-state index >= 15 is 0 Å². The Morgan fingerprint density at radius 1 is 1.57 bits per heavy atom. The number of nitrogens with one attached hydrogen (secondary N) is 1. The van der Waals surface area contributed by atoms with E-state index in [0.717, 1.165) is 18.9 Å². The van der Waals surface area contributed by atoms with Crippen LogP contribution >= 0.6 is 0 Å². The first-order valence-corrected chi connectivity index (χ1v) is 5.35. The van der Waals surface area contributed by atoms with Crippen molar-refractivity contribution in [2.75, 3.05) is 0 Å². The molecule has 1 aromatic heterocycles. The van der Waals surface area contributed by atoms with Gasteiger partial charge in [0.25, 0.3) is 0 Å². The Kier molecular flexibility index (Phi) is 2.54. The van der Waals surface area contributed by atoms with Gasteiger partial charge in [0.2, 0.25) is 0 Å². The Morgan fingerprint density at radius 2 is 2.36 bits per heavy atom. The largest absolute Gasteiger partial charge is 0.305 e. The molecule has 1 aliphatic rings. The third-order valence-electron chi connectivity index (χ3n) is 3.13. The van der Waals surface area contributed by atoms with Gasteiger partial charge in [-0.3, -0.25) is 0 Å². The van der Waals surface area contributed by atoms with Gasteiger partial charge in [-0.25, -0.2) is 9.67 Å². The molecule has 0 radical (unpaired) electrons. The van der Waals surface area contributed by atoms with Crippen LogP contribution in [0.5, 0.6) is 0 Å². The van der Waals surface area contributed by atoms with Crippen molar-refractivity contribution < 1.29 is 0 Å². The highest BCUT2D eigenvalue weighted by Gasteiger charge is 2.31. The summed E-state index contributed by atoms with van der Waals surface area (Å²) >= 11 is 0. The minimum Gasteiger partial charge on any atom is -0.305 e. The Hall–Kier alpha value is -0.900. The van der Waals surface area contributed by atoms with E-state index in [0.29, 0.717) is 5.54 Å². The zero-order valence-electron chi connectivity index (χ0n) is 8.95. The Morgan fingerprint density at radius 3 is 2.93 bits per heavy atom. The summed E-state index contributed by atoms with van der Waals surface area (Å²) in [6, 6.07) is 0. The number of nitrogens with zero attached hydrogens (tertiary/aromatic N) is 3. The van der Waals surface area contributed by atoms with E-state index in [1.165, 1.54) is 19.3 Å². The van der Waals surface area contributed by atoms with Crippen molar-refractivity contribution in [3.8, 4) is 0 Å². The van der Waals surface area contributed by atoms with E-state index in [4.69, 9.17) is 0 Å². The molecule has 78 valence electrons. The van der Waals surface area contributed by atoms with Gasteiger partial charge >= 0.3 is 0 Å². The third kappa shape index (κ3) is 1.80. The van der Waals surface area contributed by atoms with Crippen LogP contribution in [0.3, 0.4) is 0 Å². The molecule has 0 spiro atoms. The fourth-order valence-electron chi connectivity index (χ4n) is 1.87. The second-order valence-corrected chi connectivity index (χ2v) is 4.26. The standard InChI is InChI=1S/C10H18N4/c1-3-14-9(11-8-13-14)7-12-10(2)5-4-6-10/h8,12H,3-7H2,1-2H3. The van der Waals surface area contributed by atoms with Crippen molar-refractivity contribution in [3.63, 3.8) is 0 Å². The molecule has 0 amide bonds. The molecule has 1 saturated carbocycles. The quantitative estimate of drug-likeness (QED) is 0.786. The first-order valence-electron chi connectivity index (χ1n) is 5.35. The van der Waals surface area contributed by atoms with E-state index in [-0.39, 0.29) is 0 Å². The van der Waals surface area contributed by atoms with Crippen molar-refractivity contribution in [1.82, 2.24) is 20.1 Å². The highest BCUT2D eigenvalue weighted by Crippen LogP contribution is 2.30. The van der Waals surface area contributed by atoms with Crippen LogP contribution in [0, 0.1) is 0 Å². The highest BCUT2D eigenvalue weighted by molar-refractivity contribution is 4.94. The van der Waals surface area contributed by atoms with Gasteiger partial charge in [-0.2, -0.15) is 5.10 Å². The Balaban J connectivity index is 1.91. The lowest BCUT2D eigenvalue weighted by atomic mass is 9.78. The van der Waals surface area contributed by atoms with E-state index in [1.54, 1.807) is 6.33 Å². The van der Waals surface area contributed by atoms with Crippen LogP contribution in [-0.4, -0.2) is 20.3 Å². The minimum atomic E-state index is 0.352. The minimum absolute atomic E-state index is 0.352. The summed E-state index contributed by atoms with van der Waals surface area (Å²) in [4.78, 5) is 4.24. The molecule has 1 fully saturated rings. The van der Waals surface area contributed by atoms with E-state index in [2.05, 4.69) is 29.2 Å². The van der Waals surface area contributed by atoms with Gasteiger partial charge in [-0.15, -0.1) is 0 Å². The summed E-state index contributed by atoms with van der Waals surface area (Å²) in [6.45, 7) is 6.10. The number of aromatic nitrogens is 3. The Bertz CT molecular complexity index is 301. The summed E-state index contributed by atoms with van der Waals surface area (Å²) in [5.41, 5.74) is 0.352. The molecule has 0 atom stereocenters. The zero-order chi connectivity index (χ0) is 10.0. The van der Waals surface area contributed by atoms with Crippen LogP contribution in [0.4, 0.5) is 0 Å². The Labute approximate surface area is 84.7 Å². The fourth-order valence-corrected chi connectivity index (χ4v) is 1.87. The van der Waals surface area contributed by atoms with Crippen LogP contribution < -0.4 is 5.32 Å². The summed E-state index contributed by atoms with van der Waals surface area (Å²) in [6.07, 6.45) is 5.55. The van der Waals surface area contributed by atoms with Crippen molar-refractivity contribution in [2.45, 2.75) is 51.7 Å². The lowest BCUT2D eigenvalue weighted by Crippen LogP contribution is -2.47. The predicted molar refractivity (Wildman–Crippen MR) is 54.8 cm³/mol. The molecule has 1 heterocycles. The molecule has 0 unspecified atom stereocenters. The van der Waals surface area contributed by atoms with Crippen LogP contribution in [0.15, 0.2) is 6.33 Å². The van der Waals surface area contributed by atoms with Gasteiger partial charge in [0.05, 0.1) is 6.54 Å². The second kappa shape index (κ2) is 3.69. The SMILES string of the molecule is CCn1ncnc1CNC1(C)CCC1. The number of hydrogen-bond donors (Lipinski definition) is 1. The lowest BCUT2D eigenvalue weighted by Gasteiger charge is -2.39. The number of hydrogen-bond acceptors (Lipinski definition) is 3. The summed E-state index contributed by atoms with van der Waals surface area (Å²) in [5, 5.41) is 7.69. The smallest absolute Gasteiger partial charge is 0.140 e. The molecule has 4 nitrogen and oxygen atoms in total. The molecule has 1 aromatic rings. The maximum atomic E-state index is 4.24. The normalized spacial score (nSPS) is 19.3. The molecule has 0 aromatic carbocycles. The molecule has 2 rings (SSSR count). The van der Waals surface area contributed by atoms with Crippen molar-refractivity contribution in [2.24, 2.45) is 0 Å². The van der Waals surface area contributed by atoms with Gasteiger partial charge in [0.1, 0.15) is 12.2 Å². The number of rotatable bonds is 4. The molecule has 14 heavy (non-hydrogen) atoms. The van der Waals surface area contributed by atoms with Crippen molar-refractivity contribution >= 4 is 0 Å². The first kappa shape index (κ1) is 9.65.